The molecule has 2 aliphatic rings. The molecular weight excluding hydrogens is 250 g/mol. The lowest BCUT2D eigenvalue weighted by atomic mass is 9.84. The Morgan fingerprint density at radius 1 is 1.40 bits per heavy atom. The second-order valence-corrected chi connectivity index (χ2v) is 6.27. The average Bonchev–Trinajstić information content (AvgIpc) is 2.76. The summed E-state index contributed by atoms with van der Waals surface area (Å²) in [6, 6.07) is 10.1. The van der Waals surface area contributed by atoms with E-state index in [1.54, 1.807) is 0 Å². The molecule has 2 aliphatic heterocycles. The number of hydrogen-bond acceptors (Lipinski definition) is 4. The quantitative estimate of drug-likeness (QED) is 0.893. The van der Waals surface area contributed by atoms with Gasteiger partial charge in [0.2, 0.25) is 0 Å². The predicted molar refractivity (Wildman–Crippen MR) is 77.0 cm³/mol. The summed E-state index contributed by atoms with van der Waals surface area (Å²) in [4.78, 5) is 4.80. The maximum atomic E-state index is 9.33. The highest BCUT2D eigenvalue weighted by Gasteiger charge is 2.51. The van der Waals surface area contributed by atoms with Crippen molar-refractivity contribution in [3.8, 4) is 6.07 Å². The SMILES string of the molecule is CN1CC(CO)CC12CN(Cc1ccccc1C#N)C2. The average molecular weight is 271 g/mol. The van der Waals surface area contributed by atoms with Crippen molar-refractivity contribution in [2.75, 3.05) is 33.3 Å². The minimum absolute atomic E-state index is 0.259. The van der Waals surface area contributed by atoms with Gasteiger partial charge in [0.1, 0.15) is 0 Å². The van der Waals surface area contributed by atoms with Crippen molar-refractivity contribution in [3.63, 3.8) is 0 Å². The summed E-state index contributed by atoms with van der Waals surface area (Å²) < 4.78 is 0. The molecule has 2 fully saturated rings. The number of nitrogens with zero attached hydrogens (tertiary/aromatic N) is 3. The van der Waals surface area contributed by atoms with Crippen LogP contribution in [-0.4, -0.2) is 53.7 Å². The van der Waals surface area contributed by atoms with Gasteiger partial charge in [-0.05, 0) is 31.0 Å². The number of nitriles is 1. The van der Waals surface area contributed by atoms with Gasteiger partial charge in [-0.25, -0.2) is 0 Å². The Bertz CT molecular complexity index is 531. The molecule has 4 heteroatoms. The third-order valence-corrected chi connectivity index (χ3v) is 4.84. The smallest absolute Gasteiger partial charge is 0.0995 e. The van der Waals surface area contributed by atoms with Crippen molar-refractivity contribution < 1.29 is 5.11 Å². The predicted octanol–water partition coefficient (Wildman–Crippen LogP) is 1.06. The van der Waals surface area contributed by atoms with Crippen molar-refractivity contribution in [3.05, 3.63) is 35.4 Å². The molecule has 1 N–H and O–H groups in total. The molecule has 2 heterocycles. The number of aliphatic hydroxyl groups is 1. The Hall–Kier alpha value is -1.41. The Kier molecular flexibility index (Phi) is 3.51. The van der Waals surface area contributed by atoms with Crippen LogP contribution in [0.2, 0.25) is 0 Å². The highest BCUT2D eigenvalue weighted by atomic mass is 16.3. The molecule has 106 valence electrons. The molecule has 0 aliphatic carbocycles. The van der Waals surface area contributed by atoms with Crippen molar-refractivity contribution >= 4 is 0 Å². The van der Waals surface area contributed by atoms with Gasteiger partial charge in [-0.2, -0.15) is 5.26 Å². The van der Waals surface area contributed by atoms with E-state index in [1.807, 2.05) is 24.3 Å². The van der Waals surface area contributed by atoms with Gasteiger partial charge in [0.05, 0.1) is 11.6 Å². The lowest BCUT2D eigenvalue weighted by molar-refractivity contribution is -0.0223. The monoisotopic (exact) mass is 271 g/mol. The summed E-state index contributed by atoms with van der Waals surface area (Å²) in [6.45, 7) is 4.23. The van der Waals surface area contributed by atoms with Gasteiger partial charge in [0.25, 0.3) is 0 Å². The van der Waals surface area contributed by atoms with Crippen LogP contribution in [0.15, 0.2) is 24.3 Å². The molecule has 20 heavy (non-hydrogen) atoms. The van der Waals surface area contributed by atoms with E-state index in [-0.39, 0.29) is 5.54 Å². The van der Waals surface area contributed by atoms with Gasteiger partial charge in [0, 0.05) is 38.3 Å². The molecule has 0 bridgehead atoms. The van der Waals surface area contributed by atoms with Crippen LogP contribution in [0, 0.1) is 17.2 Å². The molecule has 1 spiro atoms. The number of likely N-dealkylation sites (tertiary alicyclic amines) is 2. The highest BCUT2D eigenvalue weighted by Crippen LogP contribution is 2.39. The standard InChI is InChI=1S/C16H21N3O/c1-18-8-13(10-20)6-16(18)11-19(12-16)9-15-5-3-2-4-14(15)7-17/h2-5,13,20H,6,8-12H2,1H3. The van der Waals surface area contributed by atoms with Gasteiger partial charge < -0.3 is 5.11 Å². The van der Waals surface area contributed by atoms with Crippen LogP contribution in [0.4, 0.5) is 0 Å². The molecular formula is C16H21N3O. The Balaban J connectivity index is 1.63. The minimum atomic E-state index is 0.259. The molecule has 0 amide bonds. The summed E-state index contributed by atoms with van der Waals surface area (Å²) in [5.41, 5.74) is 2.15. The molecule has 4 nitrogen and oxygen atoms in total. The fraction of sp³-hybridized carbons (Fsp3) is 0.562. The molecule has 3 rings (SSSR count). The molecule has 2 saturated heterocycles. The van der Waals surface area contributed by atoms with E-state index in [1.165, 1.54) is 0 Å². The normalized spacial score (nSPS) is 25.6. The van der Waals surface area contributed by atoms with Crippen molar-refractivity contribution in [1.82, 2.24) is 9.80 Å². The van der Waals surface area contributed by atoms with Crippen molar-refractivity contribution in [1.29, 1.82) is 5.26 Å². The Labute approximate surface area is 120 Å². The van der Waals surface area contributed by atoms with Gasteiger partial charge in [-0.3, -0.25) is 9.80 Å². The fourth-order valence-corrected chi connectivity index (χ4v) is 3.74. The topological polar surface area (TPSA) is 50.5 Å². The summed E-state index contributed by atoms with van der Waals surface area (Å²) in [7, 11) is 2.16. The fourth-order valence-electron chi connectivity index (χ4n) is 3.74. The molecule has 0 aromatic heterocycles. The zero-order chi connectivity index (χ0) is 14.2. The van der Waals surface area contributed by atoms with Crippen LogP contribution < -0.4 is 0 Å². The maximum Gasteiger partial charge on any atom is 0.0995 e. The zero-order valence-electron chi connectivity index (χ0n) is 11.9. The van der Waals surface area contributed by atoms with E-state index < -0.39 is 0 Å². The van der Waals surface area contributed by atoms with E-state index in [0.29, 0.717) is 12.5 Å². The first-order chi connectivity index (χ1) is 9.66. The second kappa shape index (κ2) is 5.17. The van der Waals surface area contributed by atoms with Gasteiger partial charge in [-0.15, -0.1) is 0 Å². The summed E-state index contributed by atoms with van der Waals surface area (Å²) in [5, 5.41) is 18.5. The van der Waals surface area contributed by atoms with E-state index in [2.05, 4.69) is 22.9 Å². The lowest BCUT2D eigenvalue weighted by Gasteiger charge is -2.52. The zero-order valence-corrected chi connectivity index (χ0v) is 11.9. The van der Waals surface area contributed by atoms with Gasteiger partial charge in [0.15, 0.2) is 0 Å². The van der Waals surface area contributed by atoms with Crippen LogP contribution >= 0.6 is 0 Å². The molecule has 1 aromatic rings. The van der Waals surface area contributed by atoms with E-state index >= 15 is 0 Å². The Morgan fingerprint density at radius 2 is 2.15 bits per heavy atom. The molecule has 0 radical (unpaired) electrons. The van der Waals surface area contributed by atoms with Crippen molar-refractivity contribution in [2.24, 2.45) is 5.92 Å². The van der Waals surface area contributed by atoms with Gasteiger partial charge in [-0.1, -0.05) is 18.2 Å². The molecule has 1 atom stereocenters. The van der Waals surface area contributed by atoms with Crippen LogP contribution in [-0.2, 0) is 6.54 Å². The summed E-state index contributed by atoms with van der Waals surface area (Å²) >= 11 is 0. The first kappa shape index (κ1) is 13.6. The number of aliphatic hydroxyl groups excluding tert-OH is 1. The molecule has 1 unspecified atom stereocenters. The summed E-state index contributed by atoms with van der Waals surface area (Å²) in [5.74, 6) is 0.425. The van der Waals surface area contributed by atoms with E-state index in [9.17, 15) is 5.11 Å². The molecule has 1 aromatic carbocycles. The number of hydrogen-bond donors (Lipinski definition) is 1. The first-order valence-corrected chi connectivity index (χ1v) is 7.19. The number of likely N-dealkylation sites (N-methyl/N-ethyl adjacent to an activating group) is 1. The Morgan fingerprint density at radius 3 is 2.80 bits per heavy atom. The van der Waals surface area contributed by atoms with Crippen LogP contribution in [0.1, 0.15) is 17.5 Å². The van der Waals surface area contributed by atoms with Gasteiger partial charge >= 0.3 is 0 Å². The van der Waals surface area contributed by atoms with Crippen LogP contribution in [0.3, 0.4) is 0 Å². The second-order valence-electron chi connectivity index (χ2n) is 6.27. The lowest BCUT2D eigenvalue weighted by Crippen LogP contribution is -2.66. The van der Waals surface area contributed by atoms with E-state index in [4.69, 9.17) is 5.26 Å². The van der Waals surface area contributed by atoms with E-state index in [0.717, 1.165) is 43.7 Å². The number of rotatable bonds is 3. The van der Waals surface area contributed by atoms with Crippen LogP contribution in [0.25, 0.3) is 0 Å². The third kappa shape index (κ3) is 2.22. The van der Waals surface area contributed by atoms with Crippen LogP contribution in [0.5, 0.6) is 0 Å². The maximum absolute atomic E-state index is 9.33. The number of benzene rings is 1. The first-order valence-electron chi connectivity index (χ1n) is 7.19. The summed E-state index contributed by atoms with van der Waals surface area (Å²) in [6.07, 6.45) is 1.09. The van der Waals surface area contributed by atoms with Crippen molar-refractivity contribution in [2.45, 2.75) is 18.5 Å². The molecule has 0 saturated carbocycles. The largest absolute Gasteiger partial charge is 0.396 e. The highest BCUT2D eigenvalue weighted by molar-refractivity contribution is 5.37. The third-order valence-electron chi connectivity index (χ3n) is 4.84. The minimum Gasteiger partial charge on any atom is -0.396 e.